The minimum Gasteiger partial charge on any atom is -0.408 e. The Bertz CT molecular complexity index is 1190. The number of fused-ring (bicyclic) bond motifs is 1. The highest BCUT2D eigenvalue weighted by atomic mass is 35.5. The second kappa shape index (κ2) is 6.90. The van der Waals surface area contributed by atoms with Crippen LogP contribution in [-0.4, -0.2) is 15.0 Å². The summed E-state index contributed by atoms with van der Waals surface area (Å²) in [7, 11) is 0. The van der Waals surface area contributed by atoms with Crippen molar-refractivity contribution in [3.63, 3.8) is 0 Å². The number of halogens is 3. The highest BCUT2D eigenvalue weighted by molar-refractivity contribution is 6.33. The van der Waals surface area contributed by atoms with Gasteiger partial charge in [-0.3, -0.25) is 4.98 Å². The highest BCUT2D eigenvalue weighted by Gasteiger charge is 2.09. The Morgan fingerprint density at radius 2 is 1.93 bits per heavy atom. The van der Waals surface area contributed by atoms with Gasteiger partial charge >= 0.3 is 5.76 Å². The van der Waals surface area contributed by atoms with E-state index in [0.717, 1.165) is 0 Å². The van der Waals surface area contributed by atoms with Crippen LogP contribution in [0.15, 0.2) is 51.8 Å². The largest absolute Gasteiger partial charge is 0.417 e. The van der Waals surface area contributed by atoms with Crippen molar-refractivity contribution in [2.75, 3.05) is 10.6 Å². The van der Waals surface area contributed by atoms with Crippen LogP contribution in [-0.2, 0) is 0 Å². The zero-order valence-electron chi connectivity index (χ0n) is 13.4. The van der Waals surface area contributed by atoms with Gasteiger partial charge in [-0.25, -0.2) is 14.2 Å². The van der Waals surface area contributed by atoms with E-state index in [1.165, 1.54) is 18.3 Å². The van der Waals surface area contributed by atoms with Crippen LogP contribution < -0.4 is 16.4 Å². The molecular formula is C17H10Cl2FN5O2. The first-order valence-electron chi connectivity index (χ1n) is 7.62. The first-order chi connectivity index (χ1) is 13.0. The minimum absolute atomic E-state index is 0.196. The SMILES string of the molecule is O=c1[nH]c2cc(Nc3nc(Nc4cc(F)cc(Cl)c4)ncc3Cl)ccc2o1. The fourth-order valence-corrected chi connectivity index (χ4v) is 2.80. The number of nitrogens with zero attached hydrogens (tertiary/aromatic N) is 2. The predicted octanol–water partition coefficient (Wildman–Crippen LogP) is 4.84. The van der Waals surface area contributed by atoms with Crippen LogP contribution >= 0.6 is 23.2 Å². The van der Waals surface area contributed by atoms with Crippen molar-refractivity contribution in [2.24, 2.45) is 0 Å². The van der Waals surface area contributed by atoms with Gasteiger partial charge in [0.15, 0.2) is 11.4 Å². The molecular weight excluding hydrogens is 396 g/mol. The van der Waals surface area contributed by atoms with Crippen LogP contribution in [0.3, 0.4) is 0 Å². The van der Waals surface area contributed by atoms with Gasteiger partial charge in [0.2, 0.25) is 5.95 Å². The maximum atomic E-state index is 13.5. The van der Waals surface area contributed by atoms with Crippen molar-refractivity contribution in [1.82, 2.24) is 15.0 Å². The Hall–Kier alpha value is -3.10. The molecule has 0 aliphatic rings. The van der Waals surface area contributed by atoms with Gasteiger partial charge in [0.25, 0.3) is 0 Å². The second-order valence-corrected chi connectivity index (χ2v) is 6.37. The van der Waals surface area contributed by atoms with Crippen LogP contribution in [0.2, 0.25) is 10.0 Å². The van der Waals surface area contributed by atoms with E-state index in [4.69, 9.17) is 27.6 Å². The molecule has 0 unspecified atom stereocenters. The van der Waals surface area contributed by atoms with E-state index in [0.29, 0.717) is 28.3 Å². The lowest BCUT2D eigenvalue weighted by atomic mass is 10.3. The predicted molar refractivity (Wildman–Crippen MR) is 102 cm³/mol. The average molecular weight is 406 g/mol. The molecule has 0 atom stereocenters. The number of oxazole rings is 1. The third-order valence-electron chi connectivity index (χ3n) is 3.54. The molecule has 0 saturated carbocycles. The molecule has 0 saturated heterocycles. The molecule has 0 bridgehead atoms. The van der Waals surface area contributed by atoms with Gasteiger partial charge in [-0.05, 0) is 36.4 Å². The van der Waals surface area contributed by atoms with Crippen molar-refractivity contribution < 1.29 is 8.81 Å². The second-order valence-electron chi connectivity index (χ2n) is 5.52. The Labute approximate surface area is 161 Å². The Kier molecular flexibility index (Phi) is 4.43. The normalized spacial score (nSPS) is 10.9. The molecule has 0 radical (unpaired) electrons. The Balaban J connectivity index is 1.62. The zero-order chi connectivity index (χ0) is 19.0. The number of hydrogen-bond acceptors (Lipinski definition) is 6. The number of aromatic amines is 1. The first-order valence-corrected chi connectivity index (χ1v) is 8.37. The Morgan fingerprint density at radius 1 is 1.07 bits per heavy atom. The van der Waals surface area contributed by atoms with Crippen molar-refractivity contribution in [1.29, 1.82) is 0 Å². The van der Waals surface area contributed by atoms with Gasteiger partial charge in [-0.2, -0.15) is 4.98 Å². The van der Waals surface area contributed by atoms with Gasteiger partial charge < -0.3 is 15.1 Å². The maximum absolute atomic E-state index is 13.5. The monoisotopic (exact) mass is 405 g/mol. The van der Waals surface area contributed by atoms with E-state index in [-0.39, 0.29) is 16.0 Å². The molecule has 0 amide bonds. The summed E-state index contributed by atoms with van der Waals surface area (Å²) in [5, 5.41) is 6.42. The number of aromatic nitrogens is 3. The van der Waals surface area contributed by atoms with Crippen LogP contribution in [0.25, 0.3) is 11.1 Å². The lowest BCUT2D eigenvalue weighted by molar-refractivity contribution is 0.555. The number of nitrogens with one attached hydrogen (secondary N) is 3. The summed E-state index contributed by atoms with van der Waals surface area (Å²) in [5.74, 6) is -0.509. The molecule has 4 aromatic rings. The number of anilines is 4. The van der Waals surface area contributed by atoms with Crippen molar-refractivity contribution >= 4 is 57.4 Å². The molecule has 0 spiro atoms. The van der Waals surface area contributed by atoms with Gasteiger partial charge in [-0.15, -0.1) is 0 Å². The molecule has 2 aromatic carbocycles. The molecule has 2 aromatic heterocycles. The quantitative estimate of drug-likeness (QED) is 0.449. The summed E-state index contributed by atoms with van der Waals surface area (Å²) in [6.07, 6.45) is 1.40. The lowest BCUT2D eigenvalue weighted by Crippen LogP contribution is -2.01. The molecule has 10 heteroatoms. The summed E-state index contributed by atoms with van der Waals surface area (Å²) in [4.78, 5) is 22.2. The van der Waals surface area contributed by atoms with Crippen LogP contribution in [0, 0.1) is 5.82 Å². The fourth-order valence-electron chi connectivity index (χ4n) is 2.44. The molecule has 136 valence electrons. The van der Waals surface area contributed by atoms with Crippen molar-refractivity contribution in [3.05, 3.63) is 69.0 Å². The molecule has 0 aliphatic heterocycles. The number of rotatable bonds is 4. The lowest BCUT2D eigenvalue weighted by Gasteiger charge is -2.10. The zero-order valence-corrected chi connectivity index (χ0v) is 14.9. The number of H-pyrrole nitrogens is 1. The van der Waals surface area contributed by atoms with Gasteiger partial charge in [0, 0.05) is 16.4 Å². The van der Waals surface area contributed by atoms with Crippen molar-refractivity contribution in [3.8, 4) is 0 Å². The summed E-state index contributed by atoms with van der Waals surface area (Å²) < 4.78 is 18.4. The third-order valence-corrected chi connectivity index (χ3v) is 4.04. The first kappa shape index (κ1) is 17.3. The van der Waals surface area contributed by atoms with E-state index >= 15 is 0 Å². The Morgan fingerprint density at radius 3 is 2.74 bits per heavy atom. The number of benzene rings is 2. The van der Waals surface area contributed by atoms with Crippen LogP contribution in [0.5, 0.6) is 0 Å². The fraction of sp³-hybridized carbons (Fsp3) is 0. The van der Waals surface area contributed by atoms with Gasteiger partial charge in [0.05, 0.1) is 11.7 Å². The smallest absolute Gasteiger partial charge is 0.408 e. The molecule has 2 heterocycles. The summed E-state index contributed by atoms with van der Waals surface area (Å²) in [5.41, 5.74) is 1.98. The summed E-state index contributed by atoms with van der Waals surface area (Å²) in [6.45, 7) is 0. The molecule has 27 heavy (non-hydrogen) atoms. The summed E-state index contributed by atoms with van der Waals surface area (Å²) >= 11 is 12.0. The molecule has 4 rings (SSSR count). The standard InChI is InChI=1S/C17H10Cl2FN5O2/c18-8-3-9(20)5-11(4-8)23-16-21-7-12(19)15(25-16)22-10-1-2-14-13(6-10)24-17(26)27-14/h1-7H,(H,24,26)(H2,21,22,23,25). The third kappa shape index (κ3) is 3.86. The summed E-state index contributed by atoms with van der Waals surface area (Å²) in [6, 6.07) is 9.02. The van der Waals surface area contributed by atoms with Gasteiger partial charge in [0.1, 0.15) is 10.8 Å². The highest BCUT2D eigenvalue weighted by Crippen LogP contribution is 2.27. The molecule has 7 nitrogen and oxygen atoms in total. The average Bonchev–Trinajstić information content (AvgIpc) is 2.96. The van der Waals surface area contributed by atoms with Crippen LogP contribution in [0.1, 0.15) is 0 Å². The van der Waals surface area contributed by atoms with E-state index < -0.39 is 11.6 Å². The number of hydrogen-bond donors (Lipinski definition) is 3. The maximum Gasteiger partial charge on any atom is 0.417 e. The topological polar surface area (TPSA) is 95.8 Å². The van der Waals surface area contributed by atoms with Gasteiger partial charge in [-0.1, -0.05) is 23.2 Å². The molecule has 0 fully saturated rings. The van der Waals surface area contributed by atoms with Crippen molar-refractivity contribution in [2.45, 2.75) is 0 Å². The van der Waals surface area contributed by atoms with E-state index in [2.05, 4.69) is 25.6 Å². The van der Waals surface area contributed by atoms with E-state index in [9.17, 15) is 9.18 Å². The minimum atomic E-state index is -0.539. The van der Waals surface area contributed by atoms with Crippen LogP contribution in [0.4, 0.5) is 27.5 Å². The molecule has 0 aliphatic carbocycles. The molecule has 3 N–H and O–H groups in total. The van der Waals surface area contributed by atoms with E-state index in [1.54, 1.807) is 24.3 Å². The van der Waals surface area contributed by atoms with E-state index in [1.807, 2.05) is 0 Å².